The van der Waals surface area contributed by atoms with Gasteiger partial charge in [0.2, 0.25) is 0 Å². The molecule has 0 spiro atoms. The zero-order valence-corrected chi connectivity index (χ0v) is 13.8. The maximum atomic E-state index is 14.2. The normalized spacial score (nSPS) is 13.1. The first-order valence-corrected chi connectivity index (χ1v) is 8.47. The molecule has 0 aliphatic heterocycles. The Bertz CT molecular complexity index is 912. The van der Waals surface area contributed by atoms with Gasteiger partial charge in [0.25, 0.3) is 0 Å². The zero-order chi connectivity index (χ0) is 17.1. The van der Waals surface area contributed by atoms with Gasteiger partial charge in [-0.15, -0.1) is 0 Å². The van der Waals surface area contributed by atoms with Crippen molar-refractivity contribution in [3.05, 3.63) is 107 Å². The summed E-state index contributed by atoms with van der Waals surface area (Å²) >= 11 is 0. The minimum absolute atomic E-state index is 0.231. The van der Waals surface area contributed by atoms with Gasteiger partial charge in [0.1, 0.15) is 18.2 Å². The van der Waals surface area contributed by atoms with Crippen LogP contribution in [0.15, 0.2) is 72.8 Å². The quantitative estimate of drug-likeness (QED) is 0.607. The molecule has 0 N–H and O–H groups in total. The first-order valence-electron chi connectivity index (χ1n) is 8.47. The molecule has 1 aliphatic rings. The predicted octanol–water partition coefficient (Wildman–Crippen LogP) is 5.58. The van der Waals surface area contributed by atoms with E-state index in [1.165, 1.54) is 11.6 Å². The summed E-state index contributed by atoms with van der Waals surface area (Å²) in [4.78, 5) is 0. The fourth-order valence-corrected chi connectivity index (χ4v) is 3.24. The highest BCUT2D eigenvalue weighted by Gasteiger charge is 2.17. The van der Waals surface area contributed by atoms with Gasteiger partial charge in [-0.25, -0.2) is 4.39 Å². The zero-order valence-electron chi connectivity index (χ0n) is 13.8. The number of halogens is 1. The molecule has 0 saturated carbocycles. The molecule has 0 atom stereocenters. The van der Waals surface area contributed by atoms with E-state index in [9.17, 15) is 4.39 Å². The van der Waals surface area contributed by atoms with Crippen molar-refractivity contribution in [1.82, 2.24) is 0 Å². The summed E-state index contributed by atoms with van der Waals surface area (Å²) in [5.41, 5.74) is 5.03. The van der Waals surface area contributed by atoms with Gasteiger partial charge < -0.3 is 4.74 Å². The SMILES string of the molecule is Fc1c[c]ccc1C1=CCCc2cc(OCc3ccccc3)ccc21. The Kier molecular flexibility index (Phi) is 4.34. The largest absolute Gasteiger partial charge is 0.489 e. The van der Waals surface area contributed by atoms with E-state index in [-0.39, 0.29) is 5.82 Å². The molecule has 1 aliphatic carbocycles. The summed E-state index contributed by atoms with van der Waals surface area (Å²) in [7, 11) is 0. The maximum absolute atomic E-state index is 14.2. The Labute approximate surface area is 147 Å². The third kappa shape index (κ3) is 3.34. The Morgan fingerprint density at radius 2 is 1.88 bits per heavy atom. The molecular formula is C23H18FO. The van der Waals surface area contributed by atoms with Crippen LogP contribution in [-0.4, -0.2) is 0 Å². The fourth-order valence-electron chi connectivity index (χ4n) is 3.24. The number of hydrogen-bond donors (Lipinski definition) is 0. The summed E-state index contributed by atoms with van der Waals surface area (Å²) in [6.07, 6.45) is 3.97. The molecule has 0 saturated heterocycles. The third-order valence-corrected chi connectivity index (χ3v) is 4.48. The molecule has 0 fully saturated rings. The van der Waals surface area contributed by atoms with Crippen molar-refractivity contribution >= 4 is 5.57 Å². The second-order valence-electron chi connectivity index (χ2n) is 6.16. The molecule has 0 unspecified atom stereocenters. The lowest BCUT2D eigenvalue weighted by Gasteiger charge is -2.19. The predicted molar refractivity (Wildman–Crippen MR) is 97.9 cm³/mol. The smallest absolute Gasteiger partial charge is 0.131 e. The number of rotatable bonds is 4. The van der Waals surface area contributed by atoms with E-state index in [2.05, 4.69) is 30.3 Å². The second kappa shape index (κ2) is 6.94. The van der Waals surface area contributed by atoms with E-state index >= 15 is 0 Å². The van der Waals surface area contributed by atoms with E-state index in [1.807, 2.05) is 30.3 Å². The van der Waals surface area contributed by atoms with Crippen LogP contribution in [-0.2, 0) is 13.0 Å². The van der Waals surface area contributed by atoms with Gasteiger partial charge in [0.15, 0.2) is 0 Å². The highest BCUT2D eigenvalue weighted by Crippen LogP contribution is 2.34. The molecule has 0 heterocycles. The van der Waals surface area contributed by atoms with Gasteiger partial charge >= 0.3 is 0 Å². The van der Waals surface area contributed by atoms with Gasteiger partial charge in [-0.3, -0.25) is 0 Å². The Morgan fingerprint density at radius 1 is 1.00 bits per heavy atom. The van der Waals surface area contributed by atoms with Crippen LogP contribution >= 0.6 is 0 Å². The molecule has 0 bridgehead atoms. The molecule has 1 nitrogen and oxygen atoms in total. The maximum Gasteiger partial charge on any atom is 0.131 e. The first kappa shape index (κ1) is 15.6. The van der Waals surface area contributed by atoms with Crippen LogP contribution in [0.2, 0.25) is 0 Å². The lowest BCUT2D eigenvalue weighted by atomic mass is 9.86. The standard InChI is InChI=1S/C23H18FO/c24-23-12-5-4-10-22(23)21-11-6-9-18-15-19(13-14-20(18)21)25-16-17-7-2-1-3-8-17/h1-4,7-8,10-15H,6,9,16H2. The van der Waals surface area contributed by atoms with Crippen molar-refractivity contribution in [3.63, 3.8) is 0 Å². The number of hydrogen-bond acceptors (Lipinski definition) is 1. The number of fused-ring (bicyclic) bond motifs is 1. The number of aryl methyl sites for hydroxylation is 1. The summed E-state index contributed by atoms with van der Waals surface area (Å²) in [6.45, 7) is 0.547. The van der Waals surface area contributed by atoms with Gasteiger partial charge in [0, 0.05) is 5.56 Å². The van der Waals surface area contributed by atoms with Crippen molar-refractivity contribution in [2.24, 2.45) is 0 Å². The van der Waals surface area contributed by atoms with Gasteiger partial charge in [-0.1, -0.05) is 54.6 Å². The molecule has 0 aromatic heterocycles. The van der Waals surface area contributed by atoms with Crippen LogP contribution in [0.3, 0.4) is 0 Å². The van der Waals surface area contributed by atoms with Crippen LogP contribution in [0.1, 0.15) is 28.7 Å². The van der Waals surface area contributed by atoms with Gasteiger partial charge in [-0.05, 0) is 59.4 Å². The molecule has 123 valence electrons. The Morgan fingerprint density at radius 3 is 2.72 bits per heavy atom. The highest BCUT2D eigenvalue weighted by molar-refractivity contribution is 5.83. The number of benzene rings is 3. The van der Waals surface area contributed by atoms with Crippen LogP contribution in [0.25, 0.3) is 5.57 Å². The van der Waals surface area contributed by atoms with E-state index in [0.717, 1.165) is 35.3 Å². The molecule has 2 heteroatoms. The average Bonchev–Trinajstić information content (AvgIpc) is 2.67. The van der Waals surface area contributed by atoms with Crippen molar-refractivity contribution in [2.75, 3.05) is 0 Å². The molecule has 25 heavy (non-hydrogen) atoms. The van der Waals surface area contributed by atoms with Gasteiger partial charge in [-0.2, -0.15) is 0 Å². The highest BCUT2D eigenvalue weighted by atomic mass is 19.1. The Hall–Kier alpha value is -2.87. The average molecular weight is 329 g/mol. The second-order valence-corrected chi connectivity index (χ2v) is 6.16. The molecule has 0 amide bonds. The summed E-state index contributed by atoms with van der Waals surface area (Å²) in [5.74, 6) is 0.622. The fraction of sp³-hybridized carbons (Fsp3) is 0.130. The van der Waals surface area contributed by atoms with Crippen molar-refractivity contribution in [1.29, 1.82) is 0 Å². The third-order valence-electron chi connectivity index (χ3n) is 4.48. The first-order chi connectivity index (χ1) is 12.3. The summed E-state index contributed by atoms with van der Waals surface area (Å²) in [6, 6.07) is 23.9. The number of ether oxygens (including phenoxy) is 1. The molecule has 3 aromatic rings. The topological polar surface area (TPSA) is 9.23 Å². The molecule has 4 rings (SSSR count). The molecule has 1 radical (unpaired) electrons. The lowest BCUT2D eigenvalue weighted by Crippen LogP contribution is -2.04. The van der Waals surface area contributed by atoms with Crippen LogP contribution in [0, 0.1) is 11.9 Å². The minimum atomic E-state index is -0.231. The van der Waals surface area contributed by atoms with Crippen molar-refractivity contribution in [3.8, 4) is 5.75 Å². The van der Waals surface area contributed by atoms with Crippen LogP contribution < -0.4 is 4.74 Å². The summed E-state index contributed by atoms with van der Waals surface area (Å²) in [5, 5.41) is 0. The van der Waals surface area contributed by atoms with Gasteiger partial charge in [0.05, 0.1) is 0 Å². The van der Waals surface area contributed by atoms with E-state index < -0.39 is 0 Å². The van der Waals surface area contributed by atoms with Crippen LogP contribution in [0.5, 0.6) is 5.75 Å². The minimum Gasteiger partial charge on any atom is -0.489 e. The van der Waals surface area contributed by atoms with Crippen LogP contribution in [0.4, 0.5) is 4.39 Å². The van der Waals surface area contributed by atoms with Crippen molar-refractivity contribution < 1.29 is 9.13 Å². The molecule has 3 aromatic carbocycles. The summed E-state index contributed by atoms with van der Waals surface area (Å²) < 4.78 is 20.1. The monoisotopic (exact) mass is 329 g/mol. The van der Waals surface area contributed by atoms with Crippen molar-refractivity contribution in [2.45, 2.75) is 19.4 Å². The van der Waals surface area contributed by atoms with E-state index in [0.29, 0.717) is 12.2 Å². The lowest BCUT2D eigenvalue weighted by molar-refractivity contribution is 0.306. The van der Waals surface area contributed by atoms with E-state index in [1.54, 1.807) is 12.1 Å². The Balaban J connectivity index is 1.59. The molecular weight excluding hydrogens is 311 g/mol. The van der Waals surface area contributed by atoms with E-state index in [4.69, 9.17) is 4.74 Å². The number of allylic oxidation sites excluding steroid dienone is 1.